The molecular formula is C15H17NO3. The maximum Gasteiger partial charge on any atom is 0.314 e. The number of piperidine rings is 1. The average Bonchev–Trinajstić information content (AvgIpc) is 2.41. The minimum absolute atomic E-state index is 0.00224. The van der Waals surface area contributed by atoms with Gasteiger partial charge in [0.25, 0.3) is 0 Å². The van der Waals surface area contributed by atoms with Crippen LogP contribution in [0.1, 0.15) is 37.4 Å². The van der Waals surface area contributed by atoms with Gasteiger partial charge in [0.1, 0.15) is 0 Å². The largest absolute Gasteiger partial charge is 0.469 e. The molecule has 100 valence electrons. The van der Waals surface area contributed by atoms with E-state index < -0.39 is 10.8 Å². The summed E-state index contributed by atoms with van der Waals surface area (Å²) in [6.07, 6.45) is 0.486. The third-order valence-corrected chi connectivity index (χ3v) is 4.65. The van der Waals surface area contributed by atoms with E-state index in [2.05, 4.69) is 5.32 Å². The van der Waals surface area contributed by atoms with Gasteiger partial charge in [-0.3, -0.25) is 9.59 Å². The molecule has 1 aromatic rings. The van der Waals surface area contributed by atoms with Crippen molar-refractivity contribution in [1.82, 2.24) is 5.32 Å². The average molecular weight is 259 g/mol. The van der Waals surface area contributed by atoms with E-state index in [1.807, 2.05) is 38.1 Å². The summed E-state index contributed by atoms with van der Waals surface area (Å²) in [6, 6.07) is 7.54. The van der Waals surface area contributed by atoms with Crippen molar-refractivity contribution in [3.8, 4) is 0 Å². The summed E-state index contributed by atoms with van der Waals surface area (Å²) in [7, 11) is 1.39. The van der Waals surface area contributed by atoms with Crippen LogP contribution in [-0.2, 0) is 19.7 Å². The molecule has 0 aromatic heterocycles. The number of carbonyl (C=O) groups excluding carboxylic acids is 2. The molecule has 1 unspecified atom stereocenters. The number of benzene rings is 1. The van der Waals surface area contributed by atoms with E-state index in [0.29, 0.717) is 6.42 Å². The molecule has 1 amide bonds. The maximum absolute atomic E-state index is 12.3. The fourth-order valence-electron chi connectivity index (χ4n) is 3.68. The fourth-order valence-corrected chi connectivity index (χ4v) is 3.68. The number of methoxy groups -OCH3 is 1. The van der Waals surface area contributed by atoms with Crippen LogP contribution in [-0.4, -0.2) is 19.0 Å². The molecule has 3 atom stereocenters. The molecule has 2 aliphatic heterocycles. The number of carbonyl (C=O) groups is 2. The maximum atomic E-state index is 12.3. The number of fused-ring (bicyclic) bond motifs is 2. The Morgan fingerprint density at radius 1 is 1.37 bits per heavy atom. The number of rotatable bonds is 1. The smallest absolute Gasteiger partial charge is 0.314 e. The first-order valence-electron chi connectivity index (χ1n) is 6.42. The summed E-state index contributed by atoms with van der Waals surface area (Å²) in [6.45, 7) is 3.77. The Hall–Kier alpha value is -1.84. The SMILES string of the molecule is COC(=O)C1(C)C[C@]2(C)C(=O)N[C@H]1c1ccccc12. The lowest BCUT2D eigenvalue weighted by Gasteiger charge is -2.53. The number of hydrogen-bond donors (Lipinski definition) is 1. The molecule has 1 aromatic carbocycles. The molecule has 1 saturated heterocycles. The van der Waals surface area contributed by atoms with Crippen molar-refractivity contribution in [3.63, 3.8) is 0 Å². The summed E-state index contributed by atoms with van der Waals surface area (Å²) in [5.74, 6) is -0.268. The predicted octanol–water partition coefficient (Wildman–Crippen LogP) is 1.70. The van der Waals surface area contributed by atoms with Gasteiger partial charge in [0.2, 0.25) is 5.91 Å². The molecule has 1 aliphatic carbocycles. The normalized spacial score (nSPS) is 35.5. The van der Waals surface area contributed by atoms with Crippen LogP contribution in [0.25, 0.3) is 0 Å². The van der Waals surface area contributed by atoms with Crippen LogP contribution in [0.15, 0.2) is 24.3 Å². The minimum Gasteiger partial charge on any atom is -0.469 e. The van der Waals surface area contributed by atoms with Gasteiger partial charge in [0, 0.05) is 0 Å². The highest BCUT2D eigenvalue weighted by Gasteiger charge is 2.60. The highest BCUT2D eigenvalue weighted by Crippen LogP contribution is 2.56. The molecule has 4 nitrogen and oxygen atoms in total. The van der Waals surface area contributed by atoms with E-state index >= 15 is 0 Å². The molecule has 2 heterocycles. The molecule has 2 bridgehead atoms. The summed E-state index contributed by atoms with van der Waals surface area (Å²) >= 11 is 0. The topological polar surface area (TPSA) is 55.4 Å². The molecule has 4 heteroatoms. The van der Waals surface area contributed by atoms with Crippen molar-refractivity contribution in [1.29, 1.82) is 0 Å². The number of nitrogens with one attached hydrogen (secondary N) is 1. The molecule has 0 saturated carbocycles. The summed E-state index contributed by atoms with van der Waals surface area (Å²) in [5, 5.41) is 2.98. The monoisotopic (exact) mass is 259 g/mol. The molecule has 4 rings (SSSR count). The van der Waals surface area contributed by atoms with Crippen LogP contribution in [0.4, 0.5) is 0 Å². The van der Waals surface area contributed by atoms with Crippen molar-refractivity contribution >= 4 is 11.9 Å². The number of esters is 1. The Morgan fingerprint density at radius 2 is 2.05 bits per heavy atom. The van der Waals surface area contributed by atoms with Crippen molar-refractivity contribution in [2.24, 2.45) is 5.41 Å². The second kappa shape index (κ2) is 3.59. The van der Waals surface area contributed by atoms with Gasteiger partial charge in [-0.2, -0.15) is 0 Å². The van der Waals surface area contributed by atoms with E-state index in [9.17, 15) is 9.59 Å². The van der Waals surface area contributed by atoms with Crippen molar-refractivity contribution < 1.29 is 14.3 Å². The number of amides is 1. The minimum atomic E-state index is -0.703. The van der Waals surface area contributed by atoms with Crippen LogP contribution in [0.2, 0.25) is 0 Å². The zero-order valence-electron chi connectivity index (χ0n) is 11.3. The van der Waals surface area contributed by atoms with Gasteiger partial charge < -0.3 is 10.1 Å². The number of hydrogen-bond acceptors (Lipinski definition) is 3. The van der Waals surface area contributed by atoms with Crippen LogP contribution in [0, 0.1) is 5.41 Å². The van der Waals surface area contributed by atoms with E-state index in [1.54, 1.807) is 0 Å². The van der Waals surface area contributed by atoms with E-state index in [0.717, 1.165) is 11.1 Å². The number of ether oxygens (including phenoxy) is 1. The van der Waals surface area contributed by atoms with E-state index in [4.69, 9.17) is 4.74 Å². The van der Waals surface area contributed by atoms with Gasteiger partial charge >= 0.3 is 5.97 Å². The second-order valence-corrected chi connectivity index (χ2v) is 5.91. The standard InChI is InChI=1S/C15H17NO3/c1-14-8-15(2,13(18)19-3)11(16-12(14)17)9-6-4-5-7-10(9)14/h4-7,11H,8H2,1-3H3,(H,16,17)/t11-,14-,15?/m0/s1. The lowest BCUT2D eigenvalue weighted by atomic mass is 9.55. The van der Waals surface area contributed by atoms with Gasteiger partial charge in [0.05, 0.1) is 24.0 Å². The molecule has 1 N–H and O–H groups in total. The Morgan fingerprint density at radius 3 is 2.74 bits per heavy atom. The summed E-state index contributed by atoms with van der Waals surface area (Å²) < 4.78 is 4.95. The van der Waals surface area contributed by atoms with E-state index in [1.165, 1.54) is 7.11 Å². The van der Waals surface area contributed by atoms with Crippen LogP contribution >= 0.6 is 0 Å². The predicted molar refractivity (Wildman–Crippen MR) is 69.4 cm³/mol. The first kappa shape index (κ1) is 12.2. The highest BCUT2D eigenvalue weighted by molar-refractivity contribution is 5.95. The zero-order valence-corrected chi connectivity index (χ0v) is 11.3. The third-order valence-electron chi connectivity index (χ3n) is 4.65. The highest BCUT2D eigenvalue weighted by atomic mass is 16.5. The first-order chi connectivity index (χ1) is 8.93. The van der Waals surface area contributed by atoms with Gasteiger partial charge in [0.15, 0.2) is 0 Å². The molecular weight excluding hydrogens is 242 g/mol. The third kappa shape index (κ3) is 1.34. The lowest BCUT2D eigenvalue weighted by molar-refractivity contribution is -0.161. The van der Waals surface area contributed by atoms with Gasteiger partial charge in [-0.05, 0) is 31.4 Å². The van der Waals surface area contributed by atoms with Crippen LogP contribution in [0.5, 0.6) is 0 Å². The van der Waals surface area contributed by atoms with Crippen molar-refractivity contribution in [2.75, 3.05) is 7.11 Å². The van der Waals surface area contributed by atoms with Crippen LogP contribution in [0.3, 0.4) is 0 Å². The van der Waals surface area contributed by atoms with Crippen LogP contribution < -0.4 is 5.32 Å². The Balaban J connectivity index is 2.23. The second-order valence-electron chi connectivity index (χ2n) is 5.91. The Labute approximate surface area is 112 Å². The fraction of sp³-hybridized carbons (Fsp3) is 0.467. The molecule has 1 fully saturated rings. The Bertz CT molecular complexity index is 583. The molecule has 0 radical (unpaired) electrons. The lowest BCUT2D eigenvalue weighted by Crippen LogP contribution is -2.63. The van der Waals surface area contributed by atoms with Gasteiger partial charge in [-0.25, -0.2) is 0 Å². The quantitative estimate of drug-likeness (QED) is 0.781. The molecule has 19 heavy (non-hydrogen) atoms. The van der Waals surface area contributed by atoms with Gasteiger partial charge in [-0.15, -0.1) is 0 Å². The zero-order chi connectivity index (χ0) is 13.8. The molecule has 3 aliphatic rings. The van der Waals surface area contributed by atoms with Crippen molar-refractivity contribution in [2.45, 2.75) is 31.7 Å². The summed E-state index contributed by atoms with van der Waals surface area (Å²) in [4.78, 5) is 24.4. The first-order valence-corrected chi connectivity index (χ1v) is 6.42. The Kier molecular flexibility index (Phi) is 2.31. The van der Waals surface area contributed by atoms with Gasteiger partial charge in [-0.1, -0.05) is 24.3 Å². The molecule has 0 spiro atoms. The van der Waals surface area contributed by atoms with Crippen molar-refractivity contribution in [3.05, 3.63) is 35.4 Å². The summed E-state index contributed by atoms with van der Waals surface area (Å²) in [5.41, 5.74) is 0.703. The van der Waals surface area contributed by atoms with E-state index in [-0.39, 0.29) is 17.9 Å².